The van der Waals surface area contributed by atoms with Crippen LogP contribution in [0.3, 0.4) is 0 Å². The number of ether oxygens (including phenoxy) is 1. The first-order chi connectivity index (χ1) is 6.34. The number of hydrogen-bond acceptors (Lipinski definition) is 1. The summed E-state index contributed by atoms with van der Waals surface area (Å²) >= 11 is 3.46. The second-order valence-corrected chi connectivity index (χ2v) is 4.12. The van der Waals surface area contributed by atoms with Gasteiger partial charge in [0.15, 0.2) is 0 Å². The first-order valence-electron chi connectivity index (χ1n) is 4.39. The summed E-state index contributed by atoms with van der Waals surface area (Å²) in [5, 5.41) is 0. The van der Waals surface area contributed by atoms with Crippen molar-refractivity contribution < 1.29 is 4.74 Å². The predicted octanol–water partition coefficient (Wildman–Crippen LogP) is 3.29. The van der Waals surface area contributed by atoms with Gasteiger partial charge in [0, 0.05) is 17.3 Å². The van der Waals surface area contributed by atoms with Crippen LogP contribution in [0.25, 0.3) is 0 Å². The van der Waals surface area contributed by atoms with E-state index in [0.29, 0.717) is 6.10 Å². The Balaban J connectivity index is 2.01. The van der Waals surface area contributed by atoms with E-state index in [1.54, 1.807) is 6.26 Å². The normalized spacial score (nSPS) is 20.2. The van der Waals surface area contributed by atoms with Gasteiger partial charge in [0.05, 0.1) is 6.26 Å². The minimum absolute atomic E-state index is 0.342. The summed E-state index contributed by atoms with van der Waals surface area (Å²) in [6.45, 7) is 0. The summed E-state index contributed by atoms with van der Waals surface area (Å²) in [5.74, 6) is 0. The molecule has 1 aliphatic rings. The predicted molar refractivity (Wildman–Crippen MR) is 56.5 cm³/mol. The minimum Gasteiger partial charge on any atom is -0.498 e. The standard InChI is InChI=1S/C11H11BrO/c12-10-4-1-3-9(7-10)8-11-5-2-6-13-11/h1-4,6-7,11H,5,8H2. The molecule has 1 heterocycles. The van der Waals surface area contributed by atoms with Gasteiger partial charge in [0.2, 0.25) is 0 Å². The van der Waals surface area contributed by atoms with E-state index in [4.69, 9.17) is 4.74 Å². The van der Waals surface area contributed by atoms with Crippen molar-refractivity contribution in [3.63, 3.8) is 0 Å². The average Bonchev–Trinajstić information content (AvgIpc) is 2.57. The van der Waals surface area contributed by atoms with Crippen LogP contribution in [0, 0.1) is 0 Å². The highest BCUT2D eigenvalue weighted by Crippen LogP contribution is 2.17. The van der Waals surface area contributed by atoms with Gasteiger partial charge in [0.25, 0.3) is 0 Å². The lowest BCUT2D eigenvalue weighted by Gasteiger charge is -2.09. The maximum atomic E-state index is 5.40. The topological polar surface area (TPSA) is 9.23 Å². The van der Waals surface area contributed by atoms with E-state index in [2.05, 4.69) is 40.2 Å². The van der Waals surface area contributed by atoms with Gasteiger partial charge in [-0.25, -0.2) is 0 Å². The molecule has 0 saturated heterocycles. The second kappa shape index (κ2) is 3.97. The molecule has 1 aromatic rings. The molecule has 0 bridgehead atoms. The van der Waals surface area contributed by atoms with Gasteiger partial charge in [-0.1, -0.05) is 28.1 Å². The summed E-state index contributed by atoms with van der Waals surface area (Å²) in [6, 6.07) is 8.37. The van der Waals surface area contributed by atoms with Crippen LogP contribution in [0.4, 0.5) is 0 Å². The van der Waals surface area contributed by atoms with E-state index in [9.17, 15) is 0 Å². The van der Waals surface area contributed by atoms with Crippen molar-refractivity contribution in [3.05, 3.63) is 46.6 Å². The van der Waals surface area contributed by atoms with E-state index < -0.39 is 0 Å². The van der Waals surface area contributed by atoms with E-state index in [1.165, 1.54) is 5.56 Å². The molecule has 1 atom stereocenters. The highest BCUT2D eigenvalue weighted by molar-refractivity contribution is 9.10. The van der Waals surface area contributed by atoms with E-state index in [0.717, 1.165) is 17.3 Å². The maximum absolute atomic E-state index is 5.40. The molecule has 0 N–H and O–H groups in total. The lowest BCUT2D eigenvalue weighted by atomic mass is 10.1. The summed E-state index contributed by atoms with van der Waals surface area (Å²) < 4.78 is 6.54. The molecular weight excluding hydrogens is 228 g/mol. The zero-order chi connectivity index (χ0) is 9.10. The SMILES string of the molecule is Brc1cccc(CC2CC=CO2)c1. The Labute approximate surface area is 86.5 Å². The fraction of sp³-hybridized carbons (Fsp3) is 0.273. The first kappa shape index (κ1) is 8.82. The number of rotatable bonds is 2. The minimum atomic E-state index is 0.342. The van der Waals surface area contributed by atoms with E-state index in [1.807, 2.05) is 6.07 Å². The molecule has 0 aromatic heterocycles. The summed E-state index contributed by atoms with van der Waals surface area (Å²) in [5.41, 5.74) is 1.32. The van der Waals surface area contributed by atoms with E-state index in [-0.39, 0.29) is 0 Å². The summed E-state index contributed by atoms with van der Waals surface area (Å²) in [6.07, 6.45) is 6.24. The lowest BCUT2D eigenvalue weighted by molar-refractivity contribution is 0.170. The van der Waals surface area contributed by atoms with Crippen LogP contribution in [0.2, 0.25) is 0 Å². The monoisotopic (exact) mass is 238 g/mol. The largest absolute Gasteiger partial charge is 0.498 e. The highest BCUT2D eigenvalue weighted by Gasteiger charge is 2.11. The zero-order valence-electron chi connectivity index (χ0n) is 7.24. The third-order valence-corrected chi connectivity index (χ3v) is 2.61. The zero-order valence-corrected chi connectivity index (χ0v) is 8.83. The Bertz CT molecular complexity index is 312. The molecule has 1 aliphatic heterocycles. The Hall–Kier alpha value is -0.760. The molecule has 13 heavy (non-hydrogen) atoms. The van der Waals surface area contributed by atoms with Crippen LogP contribution >= 0.6 is 15.9 Å². The molecule has 0 aliphatic carbocycles. The summed E-state index contributed by atoms with van der Waals surface area (Å²) in [4.78, 5) is 0. The first-order valence-corrected chi connectivity index (χ1v) is 5.19. The van der Waals surface area contributed by atoms with Crippen molar-refractivity contribution in [2.45, 2.75) is 18.9 Å². The van der Waals surface area contributed by atoms with Gasteiger partial charge < -0.3 is 4.74 Å². The highest BCUT2D eigenvalue weighted by atomic mass is 79.9. The maximum Gasteiger partial charge on any atom is 0.105 e. The van der Waals surface area contributed by atoms with E-state index >= 15 is 0 Å². The Morgan fingerprint density at radius 2 is 2.38 bits per heavy atom. The van der Waals surface area contributed by atoms with Gasteiger partial charge >= 0.3 is 0 Å². The molecular formula is C11H11BrO. The smallest absolute Gasteiger partial charge is 0.105 e. The Morgan fingerprint density at radius 3 is 3.08 bits per heavy atom. The van der Waals surface area contributed by atoms with Gasteiger partial charge in [-0.2, -0.15) is 0 Å². The fourth-order valence-corrected chi connectivity index (χ4v) is 1.93. The second-order valence-electron chi connectivity index (χ2n) is 3.20. The van der Waals surface area contributed by atoms with Crippen LogP contribution in [0.5, 0.6) is 0 Å². The quantitative estimate of drug-likeness (QED) is 0.769. The molecule has 1 aromatic carbocycles. The molecule has 68 valence electrons. The van der Waals surface area contributed by atoms with Crippen LogP contribution in [-0.4, -0.2) is 6.10 Å². The van der Waals surface area contributed by atoms with Gasteiger partial charge in [0.1, 0.15) is 6.10 Å². The molecule has 0 amide bonds. The molecule has 2 heteroatoms. The molecule has 2 rings (SSSR count). The Kier molecular flexibility index (Phi) is 2.69. The molecule has 0 fully saturated rings. The van der Waals surface area contributed by atoms with Crippen LogP contribution < -0.4 is 0 Å². The van der Waals surface area contributed by atoms with Crippen molar-refractivity contribution in [2.24, 2.45) is 0 Å². The molecule has 1 nitrogen and oxygen atoms in total. The van der Waals surface area contributed by atoms with Crippen molar-refractivity contribution >= 4 is 15.9 Å². The van der Waals surface area contributed by atoms with Crippen LogP contribution in [0.1, 0.15) is 12.0 Å². The number of benzene rings is 1. The third kappa shape index (κ3) is 2.34. The number of halogens is 1. The van der Waals surface area contributed by atoms with Gasteiger partial charge in [-0.05, 0) is 23.8 Å². The molecule has 0 saturated carbocycles. The lowest BCUT2D eigenvalue weighted by Crippen LogP contribution is -2.08. The number of hydrogen-bond donors (Lipinski definition) is 0. The van der Waals surface area contributed by atoms with Crippen molar-refractivity contribution in [2.75, 3.05) is 0 Å². The van der Waals surface area contributed by atoms with Gasteiger partial charge in [-0.15, -0.1) is 0 Å². The van der Waals surface area contributed by atoms with Crippen molar-refractivity contribution in [1.82, 2.24) is 0 Å². The van der Waals surface area contributed by atoms with Gasteiger partial charge in [-0.3, -0.25) is 0 Å². The van der Waals surface area contributed by atoms with Crippen LogP contribution in [-0.2, 0) is 11.2 Å². The molecule has 0 spiro atoms. The van der Waals surface area contributed by atoms with Crippen LogP contribution in [0.15, 0.2) is 41.1 Å². The Morgan fingerprint density at radius 1 is 1.46 bits per heavy atom. The van der Waals surface area contributed by atoms with Crippen molar-refractivity contribution in [3.8, 4) is 0 Å². The third-order valence-electron chi connectivity index (χ3n) is 2.12. The average molecular weight is 239 g/mol. The molecule has 0 radical (unpaired) electrons. The molecule has 1 unspecified atom stereocenters. The summed E-state index contributed by atoms with van der Waals surface area (Å²) in [7, 11) is 0. The fourth-order valence-electron chi connectivity index (χ4n) is 1.49. The van der Waals surface area contributed by atoms with Crippen molar-refractivity contribution in [1.29, 1.82) is 0 Å².